The molecule has 1 nitrogen and oxygen atoms in total. The summed E-state index contributed by atoms with van der Waals surface area (Å²) in [5.74, 6) is 0. The molecule has 1 aromatic rings. The molecule has 0 N–H and O–H groups in total. The third-order valence-electron chi connectivity index (χ3n) is 1.08. The van der Waals surface area contributed by atoms with E-state index in [-0.39, 0.29) is 0 Å². The standard InChI is InChI=1S/C8H9N/c1-2-5-8-6-3-4-7-9-8/h2-4,6-7H,1,5H2/i8+0. The molecule has 0 saturated carbocycles. The second-order valence-corrected chi connectivity index (χ2v) is 1.81. The van der Waals surface area contributed by atoms with Crippen LogP contribution in [0.15, 0.2) is 37.1 Å². The molecule has 0 amide bonds. The Morgan fingerprint density at radius 1 is 1.56 bits per heavy atom. The van der Waals surface area contributed by atoms with Crippen molar-refractivity contribution in [1.82, 2.24) is 4.98 Å². The maximum absolute atomic E-state index is 4.10. The topological polar surface area (TPSA) is 12.9 Å². The van der Waals surface area contributed by atoms with Crippen LogP contribution in [0.1, 0.15) is 5.69 Å². The summed E-state index contributed by atoms with van der Waals surface area (Å²) in [5.41, 5.74) is 1.08. The van der Waals surface area contributed by atoms with Crippen LogP contribution in [0.25, 0.3) is 0 Å². The third-order valence-corrected chi connectivity index (χ3v) is 1.08. The van der Waals surface area contributed by atoms with Crippen molar-refractivity contribution in [2.75, 3.05) is 0 Å². The van der Waals surface area contributed by atoms with Gasteiger partial charge in [0, 0.05) is 18.3 Å². The average Bonchev–Trinajstić information content (AvgIpc) is 1.91. The number of nitrogens with zero attached hydrogens (tertiary/aromatic N) is 1. The molecule has 0 atom stereocenters. The van der Waals surface area contributed by atoms with Crippen LogP contribution in [0.3, 0.4) is 0 Å². The highest BCUT2D eigenvalue weighted by Gasteiger charge is 1.83. The maximum atomic E-state index is 4.10. The molecule has 0 spiro atoms. The van der Waals surface area contributed by atoms with Gasteiger partial charge in [-0.05, 0) is 12.1 Å². The Kier molecular flexibility index (Phi) is 2.02. The summed E-state index contributed by atoms with van der Waals surface area (Å²) in [4.78, 5) is 4.10. The fourth-order valence-electron chi connectivity index (χ4n) is 0.667. The summed E-state index contributed by atoms with van der Waals surface area (Å²) >= 11 is 0. The number of pyridine rings is 1. The number of aromatic nitrogens is 1. The minimum absolute atomic E-state index is 0.862. The molecule has 0 bridgehead atoms. The SMILES string of the molecule is C=CC[12c]1ccccn1. The van der Waals surface area contributed by atoms with Crippen molar-refractivity contribution >= 4 is 0 Å². The Balaban J connectivity index is 2.72. The van der Waals surface area contributed by atoms with Gasteiger partial charge in [-0.1, -0.05) is 12.1 Å². The summed E-state index contributed by atoms with van der Waals surface area (Å²) in [6, 6.07) is 5.88. The van der Waals surface area contributed by atoms with Crippen molar-refractivity contribution in [2.45, 2.75) is 6.42 Å². The van der Waals surface area contributed by atoms with Gasteiger partial charge >= 0.3 is 0 Å². The largest absolute Gasteiger partial charge is 0.261 e. The van der Waals surface area contributed by atoms with E-state index in [0.717, 1.165) is 12.1 Å². The highest BCUT2D eigenvalue weighted by molar-refractivity contribution is 5.06. The van der Waals surface area contributed by atoms with Crippen molar-refractivity contribution in [3.63, 3.8) is 0 Å². The number of hydrogen-bond acceptors (Lipinski definition) is 1. The lowest BCUT2D eigenvalue weighted by Crippen LogP contribution is -1.82. The molecule has 46 valence electrons. The number of allylic oxidation sites excluding steroid dienone is 1. The van der Waals surface area contributed by atoms with Crippen LogP contribution in [0.5, 0.6) is 0 Å². The van der Waals surface area contributed by atoms with E-state index in [1.165, 1.54) is 0 Å². The first kappa shape index (κ1) is 6.02. The van der Waals surface area contributed by atoms with E-state index in [1.807, 2.05) is 24.3 Å². The normalized spacial score (nSPS) is 8.89. The van der Waals surface area contributed by atoms with Crippen molar-refractivity contribution in [1.29, 1.82) is 0 Å². The van der Waals surface area contributed by atoms with Gasteiger partial charge in [-0.15, -0.1) is 6.58 Å². The summed E-state index contributed by atoms with van der Waals surface area (Å²) in [6.07, 6.45) is 4.50. The zero-order valence-electron chi connectivity index (χ0n) is 5.25. The van der Waals surface area contributed by atoms with Crippen LogP contribution in [0.4, 0.5) is 0 Å². The molecule has 0 unspecified atom stereocenters. The highest BCUT2D eigenvalue weighted by atomic mass is 14.6. The van der Waals surface area contributed by atoms with Gasteiger partial charge in [0.15, 0.2) is 0 Å². The van der Waals surface area contributed by atoms with Gasteiger partial charge in [0.05, 0.1) is 0 Å². The zero-order chi connectivity index (χ0) is 6.53. The molecule has 0 aromatic carbocycles. The molecule has 1 heteroatoms. The Morgan fingerprint density at radius 2 is 2.44 bits per heavy atom. The lowest BCUT2D eigenvalue weighted by molar-refractivity contribution is 1.11. The molecule has 0 radical (unpaired) electrons. The van der Waals surface area contributed by atoms with E-state index >= 15 is 0 Å². The van der Waals surface area contributed by atoms with Gasteiger partial charge in [-0.3, -0.25) is 4.98 Å². The monoisotopic (exact) mass is 119 g/mol. The van der Waals surface area contributed by atoms with Gasteiger partial charge in [-0.2, -0.15) is 0 Å². The lowest BCUT2D eigenvalue weighted by atomic mass is 10.3. The second-order valence-electron chi connectivity index (χ2n) is 1.81. The molecule has 0 aliphatic carbocycles. The van der Waals surface area contributed by atoms with Crippen LogP contribution in [0, 0.1) is 0 Å². The maximum Gasteiger partial charge on any atom is 0.0441 e. The van der Waals surface area contributed by atoms with E-state index in [9.17, 15) is 0 Å². The highest BCUT2D eigenvalue weighted by Crippen LogP contribution is 1.93. The molecule has 9 heavy (non-hydrogen) atoms. The minimum atomic E-state index is 0.862. The first-order chi connectivity index (χ1) is 4.43. The minimum Gasteiger partial charge on any atom is -0.261 e. The molecule has 0 fully saturated rings. The third kappa shape index (κ3) is 1.68. The Morgan fingerprint density at radius 3 is 3.00 bits per heavy atom. The summed E-state index contributed by atoms with van der Waals surface area (Å²) < 4.78 is 0. The molecule has 0 aliphatic heterocycles. The molecular weight excluding hydrogens is 110 g/mol. The Labute approximate surface area is 55.1 Å². The van der Waals surface area contributed by atoms with Crippen LogP contribution < -0.4 is 0 Å². The summed E-state index contributed by atoms with van der Waals surface area (Å²) in [6.45, 7) is 3.62. The molecule has 1 aromatic heterocycles. The second kappa shape index (κ2) is 3.02. The average molecular weight is 119 g/mol. The van der Waals surface area contributed by atoms with Gasteiger partial charge in [0.1, 0.15) is 0 Å². The van der Waals surface area contributed by atoms with Crippen molar-refractivity contribution in [2.24, 2.45) is 0 Å². The molecule has 1 rings (SSSR count). The van der Waals surface area contributed by atoms with Crippen molar-refractivity contribution in [3.8, 4) is 0 Å². The quantitative estimate of drug-likeness (QED) is 0.541. The molecule has 0 aliphatic rings. The first-order valence-electron chi connectivity index (χ1n) is 2.94. The van der Waals surface area contributed by atoms with Crippen molar-refractivity contribution < 1.29 is 0 Å². The Hall–Kier alpha value is -1.11. The van der Waals surface area contributed by atoms with E-state index in [0.29, 0.717) is 0 Å². The molecule has 1 heterocycles. The van der Waals surface area contributed by atoms with E-state index in [4.69, 9.17) is 0 Å². The fourth-order valence-corrected chi connectivity index (χ4v) is 0.667. The van der Waals surface area contributed by atoms with E-state index < -0.39 is 0 Å². The van der Waals surface area contributed by atoms with Crippen molar-refractivity contribution in [3.05, 3.63) is 42.7 Å². The molecule has 0 saturated heterocycles. The van der Waals surface area contributed by atoms with Gasteiger partial charge < -0.3 is 0 Å². The number of rotatable bonds is 2. The zero-order valence-corrected chi connectivity index (χ0v) is 5.25. The van der Waals surface area contributed by atoms with Gasteiger partial charge in [0.2, 0.25) is 0 Å². The fraction of sp³-hybridized carbons (Fsp3) is 0.125. The van der Waals surface area contributed by atoms with Gasteiger partial charge in [-0.25, -0.2) is 0 Å². The van der Waals surface area contributed by atoms with Gasteiger partial charge in [0.25, 0.3) is 0 Å². The lowest BCUT2D eigenvalue weighted by Gasteiger charge is -1.90. The predicted octanol–water partition coefficient (Wildman–Crippen LogP) is 1.81. The van der Waals surface area contributed by atoms with Crippen LogP contribution in [-0.4, -0.2) is 4.98 Å². The summed E-state index contributed by atoms with van der Waals surface area (Å²) in [7, 11) is 0. The smallest absolute Gasteiger partial charge is 0.0441 e. The Bertz CT molecular complexity index is 179. The summed E-state index contributed by atoms with van der Waals surface area (Å²) in [5, 5.41) is 0. The first-order valence-corrected chi connectivity index (χ1v) is 2.94. The van der Waals surface area contributed by atoms with Crippen LogP contribution in [0.2, 0.25) is 0 Å². The van der Waals surface area contributed by atoms with E-state index in [1.54, 1.807) is 6.20 Å². The van der Waals surface area contributed by atoms with Crippen LogP contribution in [-0.2, 0) is 6.42 Å². The molecular formula is C8H9N. The number of hydrogen-bond donors (Lipinski definition) is 0. The predicted molar refractivity (Wildman–Crippen MR) is 38.1 cm³/mol. The van der Waals surface area contributed by atoms with E-state index in [2.05, 4.69) is 11.6 Å². The van der Waals surface area contributed by atoms with Crippen LogP contribution >= 0.6 is 0 Å².